The van der Waals surface area contributed by atoms with Crippen molar-refractivity contribution in [2.45, 2.75) is 26.7 Å². The van der Waals surface area contributed by atoms with Crippen LogP contribution in [0.5, 0.6) is 0 Å². The van der Waals surface area contributed by atoms with Crippen LogP contribution in [0.15, 0.2) is 42.5 Å². The zero-order chi connectivity index (χ0) is 23.5. The quantitative estimate of drug-likeness (QED) is 0.526. The number of nitro benzene ring substituents is 1. The highest BCUT2D eigenvalue weighted by Gasteiger charge is 2.33. The molecule has 0 aromatic heterocycles. The lowest BCUT2D eigenvalue weighted by Crippen LogP contribution is -2.53. The smallest absolute Gasteiger partial charge is 0.271 e. The highest BCUT2D eigenvalue weighted by molar-refractivity contribution is 5.95. The second-order valence-corrected chi connectivity index (χ2v) is 9.06. The summed E-state index contributed by atoms with van der Waals surface area (Å²) >= 11 is 0. The predicted octanol–water partition coefficient (Wildman–Crippen LogP) is 3.41. The second-order valence-electron chi connectivity index (χ2n) is 9.06. The minimum Gasteiger partial charge on any atom is -0.368 e. The molecule has 2 heterocycles. The monoisotopic (exact) mass is 450 g/mol. The van der Waals surface area contributed by atoms with Gasteiger partial charge in [-0.2, -0.15) is 0 Å². The molecule has 8 heteroatoms. The third-order valence-corrected chi connectivity index (χ3v) is 6.52. The highest BCUT2D eigenvalue weighted by atomic mass is 16.6. The molecule has 2 aliphatic heterocycles. The number of hydrogen-bond acceptors (Lipinski definition) is 5. The molecular weight excluding hydrogens is 420 g/mol. The van der Waals surface area contributed by atoms with Crippen molar-refractivity contribution < 1.29 is 14.5 Å². The minimum atomic E-state index is -0.391. The third kappa shape index (κ3) is 5.16. The molecule has 4 rings (SSSR count). The normalized spacial score (nSPS) is 18.8. The first-order valence-corrected chi connectivity index (χ1v) is 11.5. The SMILES string of the molecule is Cc1cc(C)cc(C(=O)N2CCCC(C(=O)N3CCN(c4cccc([N+](=O)[O-])c4)CC3)C2)c1. The van der Waals surface area contributed by atoms with E-state index in [1.807, 2.05) is 47.9 Å². The maximum Gasteiger partial charge on any atom is 0.271 e. The summed E-state index contributed by atoms with van der Waals surface area (Å²) in [7, 11) is 0. The number of nitro groups is 1. The zero-order valence-electron chi connectivity index (χ0n) is 19.2. The number of hydrogen-bond donors (Lipinski definition) is 0. The second kappa shape index (κ2) is 9.60. The van der Waals surface area contributed by atoms with Gasteiger partial charge in [-0.3, -0.25) is 19.7 Å². The summed E-state index contributed by atoms with van der Waals surface area (Å²) in [6.07, 6.45) is 1.61. The number of nitrogens with zero attached hydrogens (tertiary/aromatic N) is 4. The van der Waals surface area contributed by atoms with Crippen molar-refractivity contribution in [1.82, 2.24) is 9.80 Å². The van der Waals surface area contributed by atoms with Gasteiger partial charge < -0.3 is 14.7 Å². The molecule has 2 aliphatic rings. The number of piperidine rings is 1. The van der Waals surface area contributed by atoms with Gasteiger partial charge in [0, 0.05) is 62.7 Å². The summed E-state index contributed by atoms with van der Waals surface area (Å²) in [5.41, 5.74) is 3.68. The molecular formula is C25H30N4O4. The Morgan fingerprint density at radius 3 is 2.30 bits per heavy atom. The standard InChI is InChI=1S/C25H30N4O4/c1-18-13-19(2)15-21(14-18)25(31)28-8-4-5-20(17-28)24(30)27-11-9-26(10-12-27)22-6-3-7-23(16-22)29(32)33/h3,6-7,13-16,20H,4-5,8-12,17H2,1-2H3. The van der Waals surface area contributed by atoms with Gasteiger partial charge in [-0.15, -0.1) is 0 Å². The minimum absolute atomic E-state index is 0.00482. The van der Waals surface area contributed by atoms with E-state index in [1.165, 1.54) is 6.07 Å². The Bertz CT molecular complexity index is 1040. The molecule has 2 fully saturated rings. The molecule has 1 atom stereocenters. The van der Waals surface area contributed by atoms with Crippen LogP contribution in [0.4, 0.5) is 11.4 Å². The van der Waals surface area contributed by atoms with Gasteiger partial charge in [0.1, 0.15) is 0 Å². The van der Waals surface area contributed by atoms with Crippen LogP contribution in [0.1, 0.15) is 34.3 Å². The van der Waals surface area contributed by atoms with Crippen LogP contribution in [0, 0.1) is 29.9 Å². The van der Waals surface area contributed by atoms with Crippen LogP contribution in [0.25, 0.3) is 0 Å². The van der Waals surface area contributed by atoms with E-state index in [1.54, 1.807) is 12.1 Å². The molecule has 0 spiro atoms. The molecule has 1 unspecified atom stereocenters. The summed E-state index contributed by atoms with van der Waals surface area (Å²) in [5, 5.41) is 11.1. The first-order chi connectivity index (χ1) is 15.8. The number of carbonyl (C=O) groups excluding carboxylic acids is 2. The summed E-state index contributed by atoms with van der Waals surface area (Å²) in [5.74, 6) is -0.0839. The molecule has 33 heavy (non-hydrogen) atoms. The number of piperazine rings is 1. The summed E-state index contributed by atoms with van der Waals surface area (Å²) in [6.45, 7) is 7.51. The number of non-ortho nitro benzene ring substituents is 1. The van der Waals surface area contributed by atoms with Crippen LogP contribution in [-0.2, 0) is 4.79 Å². The molecule has 0 aliphatic carbocycles. The molecule has 8 nitrogen and oxygen atoms in total. The van der Waals surface area contributed by atoms with Crippen LogP contribution < -0.4 is 4.90 Å². The van der Waals surface area contributed by atoms with E-state index in [2.05, 4.69) is 4.90 Å². The van der Waals surface area contributed by atoms with Gasteiger partial charge >= 0.3 is 0 Å². The van der Waals surface area contributed by atoms with Gasteiger partial charge in [-0.1, -0.05) is 23.3 Å². The van der Waals surface area contributed by atoms with Gasteiger partial charge in [0.2, 0.25) is 5.91 Å². The van der Waals surface area contributed by atoms with E-state index in [-0.39, 0.29) is 23.4 Å². The maximum atomic E-state index is 13.2. The van der Waals surface area contributed by atoms with Gasteiger partial charge in [-0.25, -0.2) is 0 Å². The Balaban J connectivity index is 1.36. The Hall–Kier alpha value is -3.42. The van der Waals surface area contributed by atoms with Crippen molar-refractivity contribution in [3.8, 4) is 0 Å². The molecule has 0 bridgehead atoms. The lowest BCUT2D eigenvalue weighted by molar-refractivity contribution is -0.384. The largest absolute Gasteiger partial charge is 0.368 e. The van der Waals surface area contributed by atoms with E-state index in [0.29, 0.717) is 44.8 Å². The van der Waals surface area contributed by atoms with E-state index >= 15 is 0 Å². The number of carbonyl (C=O) groups is 2. The zero-order valence-corrected chi connectivity index (χ0v) is 19.2. The average Bonchev–Trinajstić information content (AvgIpc) is 2.82. The Morgan fingerprint density at radius 1 is 0.939 bits per heavy atom. The molecule has 174 valence electrons. The highest BCUT2D eigenvalue weighted by Crippen LogP contribution is 2.25. The Morgan fingerprint density at radius 2 is 1.64 bits per heavy atom. The summed E-state index contributed by atoms with van der Waals surface area (Å²) in [6, 6.07) is 12.5. The van der Waals surface area contributed by atoms with Gasteiger partial charge in [-0.05, 0) is 44.9 Å². The molecule has 0 radical (unpaired) electrons. The molecule has 2 aromatic carbocycles. The fraction of sp³-hybridized carbons (Fsp3) is 0.440. The van der Waals surface area contributed by atoms with Crippen LogP contribution in [0.3, 0.4) is 0 Å². The van der Waals surface area contributed by atoms with Crippen LogP contribution in [-0.4, -0.2) is 65.8 Å². The van der Waals surface area contributed by atoms with Crippen molar-refractivity contribution in [2.24, 2.45) is 5.92 Å². The van der Waals surface area contributed by atoms with Crippen molar-refractivity contribution in [3.05, 3.63) is 69.3 Å². The number of likely N-dealkylation sites (tertiary alicyclic amines) is 1. The number of amides is 2. The van der Waals surface area contributed by atoms with E-state index in [4.69, 9.17) is 0 Å². The van der Waals surface area contributed by atoms with Crippen molar-refractivity contribution >= 4 is 23.2 Å². The van der Waals surface area contributed by atoms with Crippen LogP contribution >= 0.6 is 0 Å². The summed E-state index contributed by atoms with van der Waals surface area (Å²) < 4.78 is 0. The predicted molar refractivity (Wildman–Crippen MR) is 126 cm³/mol. The maximum absolute atomic E-state index is 13.2. The fourth-order valence-electron chi connectivity index (χ4n) is 4.89. The molecule has 2 amide bonds. The molecule has 2 aromatic rings. The fourth-order valence-corrected chi connectivity index (χ4v) is 4.89. The van der Waals surface area contributed by atoms with Crippen molar-refractivity contribution in [1.29, 1.82) is 0 Å². The molecule has 2 saturated heterocycles. The first kappa shape index (κ1) is 22.8. The van der Waals surface area contributed by atoms with Crippen LogP contribution in [0.2, 0.25) is 0 Å². The van der Waals surface area contributed by atoms with Gasteiger partial charge in [0.15, 0.2) is 0 Å². The topological polar surface area (TPSA) is 87.0 Å². The Kier molecular flexibility index (Phi) is 6.62. The number of rotatable bonds is 4. The number of anilines is 1. The lowest BCUT2D eigenvalue weighted by Gasteiger charge is -2.39. The van der Waals surface area contributed by atoms with Crippen molar-refractivity contribution in [2.75, 3.05) is 44.2 Å². The van der Waals surface area contributed by atoms with Gasteiger partial charge in [0.05, 0.1) is 10.8 Å². The van der Waals surface area contributed by atoms with E-state index < -0.39 is 4.92 Å². The Labute approximate surface area is 193 Å². The number of benzene rings is 2. The summed E-state index contributed by atoms with van der Waals surface area (Å²) in [4.78, 5) is 42.7. The van der Waals surface area contributed by atoms with E-state index in [9.17, 15) is 19.7 Å². The van der Waals surface area contributed by atoms with Crippen molar-refractivity contribution in [3.63, 3.8) is 0 Å². The average molecular weight is 451 g/mol. The lowest BCUT2D eigenvalue weighted by atomic mass is 9.95. The number of aryl methyl sites for hydroxylation is 2. The first-order valence-electron chi connectivity index (χ1n) is 11.5. The third-order valence-electron chi connectivity index (χ3n) is 6.52. The van der Waals surface area contributed by atoms with Gasteiger partial charge in [0.25, 0.3) is 11.6 Å². The molecule has 0 saturated carbocycles. The molecule has 0 N–H and O–H groups in total. The van der Waals surface area contributed by atoms with E-state index in [0.717, 1.165) is 29.7 Å².